The third kappa shape index (κ3) is 4.07. The summed E-state index contributed by atoms with van der Waals surface area (Å²) in [5.74, 6) is -2.69. The summed E-state index contributed by atoms with van der Waals surface area (Å²) in [6.07, 6.45) is 7.52. The van der Waals surface area contributed by atoms with Crippen molar-refractivity contribution < 1.29 is 24.2 Å². The fraction of sp³-hybridized carbons (Fsp3) is 0.424. The van der Waals surface area contributed by atoms with Crippen molar-refractivity contribution in [2.24, 2.45) is 11.8 Å². The quantitative estimate of drug-likeness (QED) is 0.584. The van der Waals surface area contributed by atoms with Crippen LogP contribution in [0.2, 0.25) is 0 Å². The maximum atomic E-state index is 14.8. The van der Waals surface area contributed by atoms with Gasteiger partial charge < -0.3 is 24.5 Å². The lowest BCUT2D eigenvalue weighted by Gasteiger charge is -2.43. The number of fused-ring (bicyclic) bond motifs is 2. The van der Waals surface area contributed by atoms with Crippen molar-refractivity contribution in [2.45, 2.75) is 56.5 Å². The van der Waals surface area contributed by atoms with Crippen molar-refractivity contribution in [3.05, 3.63) is 90.5 Å². The van der Waals surface area contributed by atoms with Gasteiger partial charge in [0.1, 0.15) is 11.6 Å². The first kappa shape index (κ1) is 27.4. The van der Waals surface area contributed by atoms with Gasteiger partial charge in [0.2, 0.25) is 17.7 Å². The molecule has 4 aliphatic rings. The van der Waals surface area contributed by atoms with Crippen molar-refractivity contribution in [3.8, 4) is 0 Å². The zero-order valence-electron chi connectivity index (χ0n) is 23.9. The molecule has 0 saturated carbocycles. The normalized spacial score (nSPS) is 32.0. The van der Waals surface area contributed by atoms with Crippen LogP contribution in [-0.4, -0.2) is 75.1 Å². The number of aliphatic hydroxyl groups is 1. The minimum absolute atomic E-state index is 0.224. The Morgan fingerprint density at radius 1 is 0.878 bits per heavy atom. The molecule has 8 heteroatoms. The van der Waals surface area contributed by atoms with Crippen molar-refractivity contribution in [1.82, 2.24) is 9.80 Å². The number of hydrogen-bond donors (Lipinski definition) is 1. The first-order valence-corrected chi connectivity index (χ1v) is 14.2. The number of benzene rings is 2. The number of hydrogen-bond acceptors (Lipinski definition) is 5. The Labute approximate surface area is 240 Å². The third-order valence-corrected chi connectivity index (χ3v) is 9.07. The van der Waals surface area contributed by atoms with Crippen molar-refractivity contribution in [3.63, 3.8) is 0 Å². The van der Waals surface area contributed by atoms with E-state index in [-0.39, 0.29) is 24.3 Å². The van der Waals surface area contributed by atoms with Gasteiger partial charge in [-0.1, -0.05) is 72.8 Å². The number of carbonyl (C=O) groups is 3. The first-order valence-electron chi connectivity index (χ1n) is 14.2. The Morgan fingerprint density at radius 2 is 1.51 bits per heavy atom. The number of rotatable bonds is 4. The fourth-order valence-corrected chi connectivity index (χ4v) is 7.27. The van der Waals surface area contributed by atoms with Gasteiger partial charge in [-0.05, 0) is 45.4 Å². The van der Waals surface area contributed by atoms with Gasteiger partial charge in [0, 0.05) is 24.3 Å². The molecule has 2 aromatic carbocycles. The largest absolute Gasteiger partial charge is 0.394 e. The molecule has 1 N–H and O–H groups in total. The fourth-order valence-electron chi connectivity index (χ4n) is 7.27. The van der Waals surface area contributed by atoms with E-state index < -0.39 is 40.7 Å². The van der Waals surface area contributed by atoms with Crippen LogP contribution in [0.15, 0.2) is 85.0 Å². The molecule has 2 saturated heterocycles. The van der Waals surface area contributed by atoms with Crippen LogP contribution >= 0.6 is 0 Å². The van der Waals surface area contributed by atoms with Crippen LogP contribution in [0.1, 0.15) is 39.3 Å². The van der Waals surface area contributed by atoms with E-state index in [1.165, 1.54) is 4.90 Å². The van der Waals surface area contributed by atoms with Gasteiger partial charge in [-0.2, -0.15) is 0 Å². The highest BCUT2D eigenvalue weighted by Gasteiger charge is 2.75. The highest BCUT2D eigenvalue weighted by molar-refractivity contribution is 6.04. The van der Waals surface area contributed by atoms with Crippen LogP contribution < -0.4 is 4.90 Å². The summed E-state index contributed by atoms with van der Waals surface area (Å²) >= 11 is 0. The van der Waals surface area contributed by atoms with E-state index >= 15 is 0 Å². The molecular weight excluding hydrogens is 518 g/mol. The van der Waals surface area contributed by atoms with Crippen LogP contribution in [0.4, 0.5) is 5.69 Å². The average molecular weight is 556 g/mol. The van der Waals surface area contributed by atoms with Gasteiger partial charge in [0.15, 0.2) is 0 Å². The van der Waals surface area contributed by atoms with Crippen LogP contribution in [0.3, 0.4) is 0 Å². The predicted octanol–water partition coefficient (Wildman–Crippen LogP) is 3.49. The second kappa shape index (κ2) is 9.67. The summed E-state index contributed by atoms with van der Waals surface area (Å²) in [7, 11) is 0. The van der Waals surface area contributed by atoms with E-state index in [0.717, 1.165) is 5.69 Å². The Morgan fingerprint density at radius 3 is 2.15 bits per heavy atom. The lowest BCUT2D eigenvalue weighted by molar-refractivity contribution is -0.157. The summed E-state index contributed by atoms with van der Waals surface area (Å²) < 4.78 is 6.93. The number of likely N-dealkylation sites (tertiary alicyclic amines) is 1. The lowest BCUT2D eigenvalue weighted by Crippen LogP contribution is -2.59. The zero-order chi connectivity index (χ0) is 29.2. The van der Waals surface area contributed by atoms with Gasteiger partial charge in [-0.25, -0.2) is 0 Å². The zero-order valence-corrected chi connectivity index (χ0v) is 23.9. The van der Waals surface area contributed by atoms with Crippen LogP contribution in [0.25, 0.3) is 0 Å². The Kier molecular flexibility index (Phi) is 6.47. The van der Waals surface area contributed by atoms with Crippen molar-refractivity contribution in [2.75, 3.05) is 24.6 Å². The summed E-state index contributed by atoms with van der Waals surface area (Å²) in [6.45, 7) is 8.02. The van der Waals surface area contributed by atoms with Gasteiger partial charge in [-0.3, -0.25) is 14.4 Å². The van der Waals surface area contributed by atoms with Gasteiger partial charge >= 0.3 is 0 Å². The second-order valence-corrected chi connectivity index (χ2v) is 12.6. The molecule has 214 valence electrons. The Bertz CT molecular complexity index is 1420. The minimum atomic E-state index is -1.39. The number of nitrogens with zero attached hydrogens (tertiary/aromatic N) is 3. The molecule has 1 spiro atoms. The van der Waals surface area contributed by atoms with Crippen LogP contribution in [0, 0.1) is 11.8 Å². The summed E-state index contributed by atoms with van der Waals surface area (Å²) in [5, 5.41) is 10.7. The van der Waals surface area contributed by atoms with Crippen molar-refractivity contribution >= 4 is 23.4 Å². The second-order valence-electron chi connectivity index (χ2n) is 12.6. The number of carbonyl (C=O) groups excluding carboxylic acids is 3. The molecule has 41 heavy (non-hydrogen) atoms. The van der Waals surface area contributed by atoms with Crippen LogP contribution in [0.5, 0.6) is 0 Å². The van der Waals surface area contributed by atoms with E-state index in [1.807, 2.05) is 113 Å². The number of anilines is 1. The molecule has 0 aromatic heterocycles. The van der Waals surface area contributed by atoms with E-state index in [0.29, 0.717) is 18.7 Å². The van der Waals surface area contributed by atoms with Gasteiger partial charge in [-0.15, -0.1) is 0 Å². The molecule has 0 bridgehead atoms. The molecule has 3 amide bonds. The van der Waals surface area contributed by atoms with E-state index in [4.69, 9.17) is 4.74 Å². The lowest BCUT2D eigenvalue weighted by atomic mass is 9.74. The number of ether oxygens (including phenoxy) is 1. The highest BCUT2D eigenvalue weighted by atomic mass is 16.5. The first-order chi connectivity index (χ1) is 19.5. The molecule has 0 aliphatic carbocycles. The van der Waals surface area contributed by atoms with E-state index in [2.05, 4.69) is 0 Å². The Hall–Kier alpha value is -3.75. The topological polar surface area (TPSA) is 90.4 Å². The maximum absolute atomic E-state index is 14.8. The summed E-state index contributed by atoms with van der Waals surface area (Å²) in [5.41, 5.74) is -1.60. The molecular formula is C33H37N3O5. The molecule has 0 radical (unpaired) electrons. The molecule has 6 rings (SSSR count). The summed E-state index contributed by atoms with van der Waals surface area (Å²) in [6, 6.07) is 16.8. The Balaban J connectivity index is 1.54. The smallest absolute Gasteiger partial charge is 0.249 e. The van der Waals surface area contributed by atoms with Crippen molar-refractivity contribution in [1.29, 1.82) is 0 Å². The number of para-hydroxylation sites is 1. The maximum Gasteiger partial charge on any atom is 0.249 e. The molecule has 4 heterocycles. The van der Waals surface area contributed by atoms with Crippen LogP contribution in [-0.2, 0) is 19.1 Å². The molecule has 4 aliphatic heterocycles. The standard InChI is InChI=1S/C33H37N3O5/c1-31(2,3)35-20-12-18-33-26(29(39)36(27(33)30(35)40)24(21-37)22-13-7-5-8-14-22)25-28(38)34(23-15-9-6-10-16-23)19-11-17-32(25,4)41-33/h5-18,24-27,37H,19-21H2,1-4H3/t24-,25-,26+,27?,32+,33+/m1/s1. The van der Waals surface area contributed by atoms with Gasteiger partial charge in [0.25, 0.3) is 0 Å². The third-order valence-electron chi connectivity index (χ3n) is 9.07. The van der Waals surface area contributed by atoms with E-state index in [1.54, 1.807) is 9.80 Å². The van der Waals surface area contributed by atoms with Gasteiger partial charge in [0.05, 0.1) is 30.1 Å². The highest BCUT2D eigenvalue weighted by Crippen LogP contribution is 2.59. The number of aliphatic hydroxyl groups excluding tert-OH is 1. The molecule has 2 fully saturated rings. The molecule has 2 aromatic rings. The minimum Gasteiger partial charge on any atom is -0.394 e. The molecule has 1 unspecified atom stereocenters. The van der Waals surface area contributed by atoms with E-state index in [9.17, 15) is 19.5 Å². The summed E-state index contributed by atoms with van der Waals surface area (Å²) in [4.78, 5) is 48.8. The average Bonchev–Trinajstić information content (AvgIpc) is 3.20. The predicted molar refractivity (Wildman–Crippen MR) is 155 cm³/mol. The molecule has 6 atom stereocenters. The number of amides is 3. The molecule has 8 nitrogen and oxygen atoms in total. The monoisotopic (exact) mass is 555 g/mol. The SMILES string of the molecule is CC(C)(C)N1CC=C[C@]23O[C@@]4(C)C=CCN(c5ccccc5)C(=O)[C@H]4[C@H]2C(=O)N([C@H](CO)c2ccccc2)C3C1=O.